The Labute approximate surface area is 105 Å². The van der Waals surface area contributed by atoms with E-state index < -0.39 is 17.8 Å². The largest absolute Gasteiger partial charge is 0.481 e. The van der Waals surface area contributed by atoms with Crippen molar-refractivity contribution in [3.63, 3.8) is 0 Å². The summed E-state index contributed by atoms with van der Waals surface area (Å²) in [6, 6.07) is 0. The first-order valence-corrected chi connectivity index (χ1v) is 6.08. The number of hydrogen-bond donors (Lipinski definition) is 3. The van der Waals surface area contributed by atoms with Crippen LogP contribution in [0.2, 0.25) is 0 Å². The normalized spacial score (nSPS) is 26.6. The van der Waals surface area contributed by atoms with Crippen molar-refractivity contribution in [3.8, 4) is 0 Å². The molecule has 0 aromatic carbocycles. The minimum atomic E-state index is -0.941. The molecule has 0 aromatic heterocycles. The molecular weight excluding hydrogens is 238 g/mol. The molecule has 3 N–H and O–H groups in total. The third-order valence-corrected chi connectivity index (χ3v) is 3.33. The third kappa shape index (κ3) is 2.98. The molecule has 1 aliphatic heterocycles. The molecule has 2 aliphatic rings. The fourth-order valence-corrected chi connectivity index (χ4v) is 2.08. The summed E-state index contributed by atoms with van der Waals surface area (Å²) in [5.41, 5.74) is 0. The zero-order valence-electron chi connectivity index (χ0n) is 10.0. The average Bonchev–Trinajstić information content (AvgIpc) is 3.17. The first-order chi connectivity index (χ1) is 8.59. The van der Waals surface area contributed by atoms with Gasteiger partial charge in [-0.05, 0) is 6.42 Å². The van der Waals surface area contributed by atoms with E-state index in [0.717, 1.165) is 13.1 Å². The minimum Gasteiger partial charge on any atom is -0.481 e. The van der Waals surface area contributed by atoms with Crippen molar-refractivity contribution in [3.05, 3.63) is 0 Å². The Balaban J connectivity index is 1.70. The van der Waals surface area contributed by atoms with Crippen molar-refractivity contribution in [1.82, 2.24) is 15.5 Å². The van der Waals surface area contributed by atoms with E-state index >= 15 is 0 Å². The van der Waals surface area contributed by atoms with Crippen LogP contribution in [0.4, 0.5) is 0 Å². The number of carbonyl (C=O) groups excluding carboxylic acids is 2. The molecule has 7 heteroatoms. The van der Waals surface area contributed by atoms with E-state index in [1.807, 2.05) is 0 Å². The van der Waals surface area contributed by atoms with Crippen LogP contribution in [0.3, 0.4) is 0 Å². The van der Waals surface area contributed by atoms with Crippen molar-refractivity contribution < 1.29 is 19.5 Å². The number of piperazine rings is 1. The summed E-state index contributed by atoms with van der Waals surface area (Å²) in [6.45, 7) is 2.79. The van der Waals surface area contributed by atoms with Crippen LogP contribution in [-0.2, 0) is 14.4 Å². The second-order valence-corrected chi connectivity index (χ2v) is 4.64. The molecule has 2 atom stereocenters. The first-order valence-electron chi connectivity index (χ1n) is 6.08. The number of nitrogens with one attached hydrogen (secondary N) is 2. The molecule has 1 saturated carbocycles. The van der Waals surface area contributed by atoms with Gasteiger partial charge >= 0.3 is 5.97 Å². The molecule has 0 bridgehead atoms. The second-order valence-electron chi connectivity index (χ2n) is 4.64. The van der Waals surface area contributed by atoms with Crippen molar-refractivity contribution in [2.45, 2.75) is 6.42 Å². The Bertz CT molecular complexity index is 365. The van der Waals surface area contributed by atoms with Gasteiger partial charge in [-0.25, -0.2) is 0 Å². The highest BCUT2D eigenvalue weighted by Crippen LogP contribution is 2.38. The summed E-state index contributed by atoms with van der Waals surface area (Å²) in [7, 11) is 0. The summed E-state index contributed by atoms with van der Waals surface area (Å²) in [5, 5.41) is 14.3. The highest BCUT2D eigenvalue weighted by atomic mass is 16.4. The predicted octanol–water partition coefficient (Wildman–Crippen LogP) is -1.74. The van der Waals surface area contributed by atoms with Gasteiger partial charge in [-0.1, -0.05) is 0 Å². The minimum absolute atomic E-state index is 0.0400. The lowest BCUT2D eigenvalue weighted by Crippen LogP contribution is -2.49. The van der Waals surface area contributed by atoms with Gasteiger partial charge in [0.05, 0.1) is 18.4 Å². The molecule has 7 nitrogen and oxygen atoms in total. The molecular formula is C11H17N3O4. The Morgan fingerprint density at radius 3 is 2.44 bits per heavy atom. The number of nitrogens with zero attached hydrogens (tertiary/aromatic N) is 1. The number of amides is 2. The van der Waals surface area contributed by atoms with Crippen molar-refractivity contribution in [2.24, 2.45) is 11.8 Å². The van der Waals surface area contributed by atoms with Crippen molar-refractivity contribution >= 4 is 17.8 Å². The maximum Gasteiger partial charge on any atom is 0.307 e. The van der Waals surface area contributed by atoms with Crippen LogP contribution in [0.5, 0.6) is 0 Å². The van der Waals surface area contributed by atoms with E-state index in [1.165, 1.54) is 0 Å². The zero-order valence-corrected chi connectivity index (χ0v) is 10.0. The molecule has 2 fully saturated rings. The lowest BCUT2D eigenvalue weighted by Gasteiger charge is -2.27. The molecule has 0 spiro atoms. The van der Waals surface area contributed by atoms with E-state index in [1.54, 1.807) is 4.90 Å². The van der Waals surface area contributed by atoms with Gasteiger partial charge in [-0.15, -0.1) is 0 Å². The predicted molar refractivity (Wildman–Crippen MR) is 61.7 cm³/mol. The summed E-state index contributed by atoms with van der Waals surface area (Å²) in [5.74, 6) is -2.41. The van der Waals surface area contributed by atoms with Gasteiger partial charge in [-0.3, -0.25) is 14.4 Å². The number of carbonyl (C=O) groups is 3. The highest BCUT2D eigenvalue weighted by Gasteiger charge is 2.48. The number of carboxylic acid groups (broad SMARTS) is 1. The highest BCUT2D eigenvalue weighted by molar-refractivity contribution is 5.91. The van der Waals surface area contributed by atoms with Crippen LogP contribution in [0, 0.1) is 11.8 Å². The molecule has 2 rings (SSSR count). The van der Waals surface area contributed by atoms with Crippen LogP contribution in [0.15, 0.2) is 0 Å². The van der Waals surface area contributed by atoms with Crippen LogP contribution >= 0.6 is 0 Å². The maximum absolute atomic E-state index is 11.7. The summed E-state index contributed by atoms with van der Waals surface area (Å²) >= 11 is 0. The molecule has 0 radical (unpaired) electrons. The molecule has 18 heavy (non-hydrogen) atoms. The van der Waals surface area contributed by atoms with Crippen LogP contribution in [0.1, 0.15) is 6.42 Å². The van der Waals surface area contributed by atoms with Gasteiger partial charge in [-0.2, -0.15) is 0 Å². The first kappa shape index (κ1) is 12.8. The lowest BCUT2D eigenvalue weighted by molar-refractivity contribution is -0.140. The van der Waals surface area contributed by atoms with E-state index in [9.17, 15) is 14.4 Å². The monoisotopic (exact) mass is 255 g/mol. The second kappa shape index (κ2) is 5.34. The van der Waals surface area contributed by atoms with Gasteiger partial charge in [0.1, 0.15) is 0 Å². The Morgan fingerprint density at radius 1 is 1.22 bits per heavy atom. The number of hydrogen-bond acceptors (Lipinski definition) is 4. The summed E-state index contributed by atoms with van der Waals surface area (Å²) in [4.78, 5) is 35.6. The van der Waals surface area contributed by atoms with Crippen LogP contribution in [-0.4, -0.2) is 60.5 Å². The molecule has 0 aromatic rings. The maximum atomic E-state index is 11.7. The fourth-order valence-electron chi connectivity index (χ4n) is 2.08. The van der Waals surface area contributed by atoms with Crippen LogP contribution in [0.25, 0.3) is 0 Å². The Kier molecular flexibility index (Phi) is 3.81. The summed E-state index contributed by atoms with van der Waals surface area (Å²) in [6.07, 6.45) is 0.378. The van der Waals surface area contributed by atoms with Gasteiger partial charge in [0.2, 0.25) is 11.8 Å². The average molecular weight is 255 g/mol. The zero-order chi connectivity index (χ0) is 13.1. The fraction of sp³-hybridized carbons (Fsp3) is 0.727. The molecule has 100 valence electrons. The molecule has 2 amide bonds. The quantitative estimate of drug-likeness (QED) is 0.553. The van der Waals surface area contributed by atoms with Crippen molar-refractivity contribution in [1.29, 1.82) is 0 Å². The standard InChI is InChI=1S/C11H17N3O4/c15-9(14-3-1-12-2-4-14)6-13-10(16)7-5-8(7)11(17)18/h7-8,12H,1-6H2,(H,13,16)(H,17,18). The van der Waals surface area contributed by atoms with Crippen LogP contribution < -0.4 is 10.6 Å². The number of aliphatic carboxylic acids is 1. The molecule has 1 heterocycles. The molecule has 1 aliphatic carbocycles. The topological polar surface area (TPSA) is 98.7 Å². The smallest absolute Gasteiger partial charge is 0.307 e. The van der Waals surface area contributed by atoms with Gasteiger partial charge in [0.25, 0.3) is 0 Å². The van der Waals surface area contributed by atoms with E-state index in [-0.39, 0.29) is 18.4 Å². The van der Waals surface area contributed by atoms with Gasteiger partial charge in [0.15, 0.2) is 0 Å². The molecule has 2 unspecified atom stereocenters. The number of carboxylic acids is 1. The van der Waals surface area contributed by atoms with Gasteiger partial charge < -0.3 is 20.6 Å². The lowest BCUT2D eigenvalue weighted by atomic mass is 10.3. The van der Waals surface area contributed by atoms with E-state index in [0.29, 0.717) is 19.5 Å². The third-order valence-electron chi connectivity index (χ3n) is 3.33. The SMILES string of the molecule is O=C(O)C1CC1C(=O)NCC(=O)N1CCNCC1. The number of rotatable bonds is 4. The Morgan fingerprint density at radius 2 is 1.89 bits per heavy atom. The summed E-state index contributed by atoms with van der Waals surface area (Å²) < 4.78 is 0. The van der Waals surface area contributed by atoms with Crippen molar-refractivity contribution in [2.75, 3.05) is 32.7 Å². The van der Waals surface area contributed by atoms with E-state index in [2.05, 4.69) is 10.6 Å². The van der Waals surface area contributed by atoms with Gasteiger partial charge in [0, 0.05) is 26.2 Å². The van der Waals surface area contributed by atoms with E-state index in [4.69, 9.17) is 5.11 Å². The Hall–Kier alpha value is -1.63. The molecule has 1 saturated heterocycles.